The van der Waals surface area contributed by atoms with Crippen molar-refractivity contribution in [3.05, 3.63) is 68.0 Å². The molecule has 1 aliphatic heterocycles. The standard InChI is InChI=1S/C19H16BrClN2O2S/c1-22-19-23(2)18(24)17(26-19)10-13-9-14(20)7-8-16(13)25-11-12-5-3-4-6-15(12)21/h3-10H,11H2,1-2H3/b17-10+,22-19?. The largest absolute Gasteiger partial charge is 0.488 e. The van der Waals surface area contributed by atoms with E-state index in [4.69, 9.17) is 16.3 Å². The average molecular weight is 452 g/mol. The van der Waals surface area contributed by atoms with Gasteiger partial charge in [0, 0.05) is 34.7 Å². The third-order valence-corrected chi connectivity index (χ3v) is 5.81. The first kappa shape index (κ1) is 19.0. The van der Waals surface area contributed by atoms with Crippen LogP contribution >= 0.6 is 39.3 Å². The highest BCUT2D eigenvalue weighted by molar-refractivity contribution is 9.10. The van der Waals surface area contributed by atoms with E-state index in [-0.39, 0.29) is 5.91 Å². The van der Waals surface area contributed by atoms with Crippen LogP contribution in [0.25, 0.3) is 6.08 Å². The third-order valence-electron chi connectivity index (χ3n) is 3.79. The van der Waals surface area contributed by atoms with E-state index >= 15 is 0 Å². The summed E-state index contributed by atoms with van der Waals surface area (Å²) >= 11 is 11.0. The average Bonchev–Trinajstić information content (AvgIpc) is 2.90. The number of hydrogen-bond donors (Lipinski definition) is 0. The summed E-state index contributed by atoms with van der Waals surface area (Å²) in [6, 6.07) is 13.3. The Bertz CT molecular complexity index is 914. The Balaban J connectivity index is 1.88. The van der Waals surface area contributed by atoms with E-state index in [2.05, 4.69) is 20.9 Å². The highest BCUT2D eigenvalue weighted by atomic mass is 79.9. The quantitative estimate of drug-likeness (QED) is 0.599. The number of carbonyl (C=O) groups excluding carboxylic acids is 1. The predicted molar refractivity (Wildman–Crippen MR) is 112 cm³/mol. The zero-order valence-electron chi connectivity index (χ0n) is 14.2. The van der Waals surface area contributed by atoms with Crippen molar-refractivity contribution in [3.8, 4) is 5.75 Å². The number of benzene rings is 2. The van der Waals surface area contributed by atoms with E-state index in [9.17, 15) is 4.79 Å². The lowest BCUT2D eigenvalue weighted by Crippen LogP contribution is -2.23. The van der Waals surface area contributed by atoms with Crippen LogP contribution in [0, 0.1) is 0 Å². The van der Waals surface area contributed by atoms with Crippen molar-refractivity contribution < 1.29 is 9.53 Å². The van der Waals surface area contributed by atoms with Gasteiger partial charge in [0.2, 0.25) is 0 Å². The minimum absolute atomic E-state index is 0.0763. The van der Waals surface area contributed by atoms with Gasteiger partial charge in [-0.1, -0.05) is 45.7 Å². The Hall–Kier alpha value is -1.76. The van der Waals surface area contributed by atoms with Crippen LogP contribution in [-0.2, 0) is 11.4 Å². The number of halogens is 2. The Labute approximate surface area is 170 Å². The van der Waals surface area contributed by atoms with E-state index in [0.29, 0.717) is 27.5 Å². The van der Waals surface area contributed by atoms with Crippen LogP contribution in [0.4, 0.5) is 0 Å². The second kappa shape index (κ2) is 8.29. The van der Waals surface area contributed by atoms with Crippen LogP contribution in [0.3, 0.4) is 0 Å². The summed E-state index contributed by atoms with van der Waals surface area (Å²) in [5.74, 6) is 0.603. The molecule has 4 nitrogen and oxygen atoms in total. The molecule has 0 atom stereocenters. The van der Waals surface area contributed by atoms with Gasteiger partial charge in [-0.15, -0.1) is 0 Å². The molecule has 0 aromatic heterocycles. The molecule has 1 fully saturated rings. The van der Waals surface area contributed by atoms with Crippen LogP contribution in [-0.4, -0.2) is 30.1 Å². The molecular formula is C19H16BrClN2O2S. The van der Waals surface area contributed by atoms with Gasteiger partial charge in [0.05, 0.1) is 4.91 Å². The topological polar surface area (TPSA) is 41.9 Å². The van der Waals surface area contributed by atoms with Gasteiger partial charge in [-0.2, -0.15) is 0 Å². The number of likely N-dealkylation sites (N-methyl/N-ethyl adjacent to an activating group) is 1. The molecule has 0 bridgehead atoms. The van der Waals surface area contributed by atoms with Crippen LogP contribution in [0.1, 0.15) is 11.1 Å². The number of aliphatic imine (C=N–C) groups is 1. The molecule has 0 N–H and O–H groups in total. The molecule has 1 amide bonds. The smallest absolute Gasteiger partial charge is 0.266 e. The highest BCUT2D eigenvalue weighted by Gasteiger charge is 2.30. The molecule has 3 rings (SSSR count). The summed E-state index contributed by atoms with van der Waals surface area (Å²) in [6.07, 6.45) is 1.83. The normalized spacial score (nSPS) is 17.4. The fourth-order valence-electron chi connectivity index (χ4n) is 2.43. The van der Waals surface area contributed by atoms with Gasteiger partial charge in [0.25, 0.3) is 5.91 Å². The highest BCUT2D eigenvalue weighted by Crippen LogP contribution is 2.34. The summed E-state index contributed by atoms with van der Waals surface area (Å²) in [6.45, 7) is 0.347. The first-order valence-electron chi connectivity index (χ1n) is 7.79. The molecule has 2 aromatic rings. The Kier molecular flexibility index (Phi) is 6.06. The second-order valence-corrected chi connectivity index (χ2v) is 7.88. The number of amidine groups is 1. The van der Waals surface area contributed by atoms with Gasteiger partial charge >= 0.3 is 0 Å². The molecule has 0 radical (unpaired) electrons. The zero-order chi connectivity index (χ0) is 18.7. The number of ether oxygens (including phenoxy) is 1. The predicted octanol–water partition coefficient (Wildman–Crippen LogP) is 5.21. The van der Waals surface area contributed by atoms with E-state index in [1.165, 1.54) is 11.8 Å². The lowest BCUT2D eigenvalue weighted by molar-refractivity contribution is -0.121. The number of hydrogen-bond acceptors (Lipinski definition) is 4. The van der Waals surface area contributed by atoms with Crippen molar-refractivity contribution in [1.82, 2.24) is 4.90 Å². The fraction of sp³-hybridized carbons (Fsp3) is 0.158. The van der Waals surface area contributed by atoms with Crippen LogP contribution < -0.4 is 4.74 Å². The number of nitrogens with zero attached hydrogens (tertiary/aromatic N) is 2. The van der Waals surface area contributed by atoms with Crippen molar-refractivity contribution in [2.45, 2.75) is 6.61 Å². The maximum Gasteiger partial charge on any atom is 0.266 e. The Morgan fingerprint density at radius 3 is 2.77 bits per heavy atom. The van der Waals surface area contributed by atoms with Gasteiger partial charge in [-0.05, 0) is 42.1 Å². The van der Waals surface area contributed by atoms with Crippen molar-refractivity contribution in [3.63, 3.8) is 0 Å². The minimum atomic E-state index is -0.0763. The van der Waals surface area contributed by atoms with Crippen LogP contribution in [0.15, 0.2) is 56.8 Å². The molecule has 0 saturated carbocycles. The molecule has 1 saturated heterocycles. The van der Waals surface area contributed by atoms with Crippen molar-refractivity contribution in [2.75, 3.05) is 14.1 Å². The lowest BCUT2D eigenvalue weighted by atomic mass is 10.1. The van der Waals surface area contributed by atoms with E-state index in [1.54, 1.807) is 19.0 Å². The summed E-state index contributed by atoms with van der Waals surface area (Å²) in [4.78, 5) is 18.7. The molecule has 1 heterocycles. The zero-order valence-corrected chi connectivity index (χ0v) is 17.4. The maximum absolute atomic E-state index is 12.4. The minimum Gasteiger partial charge on any atom is -0.488 e. The Morgan fingerprint density at radius 2 is 2.08 bits per heavy atom. The molecule has 0 spiro atoms. The van der Waals surface area contributed by atoms with E-state index in [1.807, 2.05) is 48.5 Å². The van der Waals surface area contributed by atoms with Gasteiger partial charge in [0.1, 0.15) is 12.4 Å². The number of rotatable bonds is 4. The number of amides is 1. The molecule has 0 unspecified atom stereocenters. The second-order valence-electron chi connectivity index (χ2n) is 5.54. The summed E-state index contributed by atoms with van der Waals surface area (Å²) in [5, 5.41) is 1.34. The van der Waals surface area contributed by atoms with Gasteiger partial charge in [-0.25, -0.2) is 0 Å². The van der Waals surface area contributed by atoms with Crippen LogP contribution in [0.5, 0.6) is 5.75 Å². The van der Waals surface area contributed by atoms with Crippen LogP contribution in [0.2, 0.25) is 5.02 Å². The molecule has 2 aromatic carbocycles. The monoisotopic (exact) mass is 450 g/mol. The van der Waals surface area contributed by atoms with E-state index in [0.717, 1.165) is 15.6 Å². The maximum atomic E-state index is 12.4. The molecule has 7 heteroatoms. The molecule has 26 heavy (non-hydrogen) atoms. The number of thioether (sulfide) groups is 1. The number of carbonyl (C=O) groups is 1. The van der Waals surface area contributed by atoms with Crippen molar-refractivity contribution in [2.24, 2.45) is 4.99 Å². The third kappa shape index (κ3) is 4.14. The summed E-state index contributed by atoms with van der Waals surface area (Å²) in [7, 11) is 3.39. The van der Waals surface area contributed by atoms with Crippen molar-refractivity contribution >= 4 is 56.4 Å². The molecule has 0 aliphatic carbocycles. The van der Waals surface area contributed by atoms with Gasteiger partial charge in [0.15, 0.2) is 5.17 Å². The first-order chi connectivity index (χ1) is 12.5. The summed E-state index contributed by atoms with van der Waals surface area (Å²) < 4.78 is 6.88. The fourth-order valence-corrected chi connectivity index (χ4v) is 3.91. The molecule has 1 aliphatic rings. The molecular weight excluding hydrogens is 436 g/mol. The first-order valence-corrected chi connectivity index (χ1v) is 9.78. The SMILES string of the molecule is CN=C1S/C(=C/c2cc(Br)ccc2OCc2ccccc2Cl)C(=O)N1C. The Morgan fingerprint density at radius 1 is 1.31 bits per heavy atom. The summed E-state index contributed by atoms with van der Waals surface area (Å²) in [5.41, 5.74) is 1.72. The lowest BCUT2D eigenvalue weighted by Gasteiger charge is -2.11. The van der Waals surface area contributed by atoms with Crippen molar-refractivity contribution in [1.29, 1.82) is 0 Å². The van der Waals surface area contributed by atoms with E-state index < -0.39 is 0 Å². The van der Waals surface area contributed by atoms with Gasteiger partial charge in [-0.3, -0.25) is 14.7 Å². The van der Waals surface area contributed by atoms with Gasteiger partial charge < -0.3 is 4.74 Å². The molecule has 134 valence electrons.